The number of nitrogens with one attached hydrogen (secondary N) is 1. The monoisotopic (exact) mass is 455 g/mol. The van der Waals surface area contributed by atoms with Crippen molar-refractivity contribution in [3.63, 3.8) is 0 Å². The van der Waals surface area contributed by atoms with Crippen molar-refractivity contribution in [3.05, 3.63) is 93.8 Å². The van der Waals surface area contributed by atoms with E-state index in [2.05, 4.69) is 26.8 Å². The molecule has 3 heterocycles. The zero-order valence-electron chi connectivity index (χ0n) is 17.6. The smallest absolute Gasteiger partial charge is 0.241 e. The summed E-state index contributed by atoms with van der Waals surface area (Å²) in [5, 5.41) is 9.80. The SMILES string of the molecule is Nc1nc2n(n1)C(c1cccc(Oc3ccccc3)c1)C1=C(CC(c3cccs3)CC1=O)N2. The highest BCUT2D eigenvalue weighted by atomic mass is 32.1. The Balaban J connectivity index is 1.42. The van der Waals surface area contributed by atoms with Crippen LogP contribution in [-0.4, -0.2) is 20.5 Å². The molecule has 164 valence electrons. The van der Waals surface area contributed by atoms with E-state index in [1.54, 1.807) is 16.0 Å². The maximum Gasteiger partial charge on any atom is 0.241 e. The van der Waals surface area contributed by atoms with Crippen molar-refractivity contribution in [1.82, 2.24) is 14.8 Å². The molecule has 7 nitrogen and oxygen atoms in total. The average Bonchev–Trinajstić information content (AvgIpc) is 3.47. The summed E-state index contributed by atoms with van der Waals surface area (Å²) in [7, 11) is 0. The molecule has 0 saturated carbocycles. The number of hydrogen-bond donors (Lipinski definition) is 2. The molecule has 3 N–H and O–H groups in total. The number of ketones is 1. The van der Waals surface area contributed by atoms with E-state index >= 15 is 0 Å². The van der Waals surface area contributed by atoms with Crippen LogP contribution < -0.4 is 15.8 Å². The fraction of sp³-hybridized carbons (Fsp3) is 0.160. The molecule has 0 radical (unpaired) electrons. The van der Waals surface area contributed by atoms with Gasteiger partial charge in [0.1, 0.15) is 17.5 Å². The quantitative estimate of drug-likeness (QED) is 0.443. The Morgan fingerprint density at radius 3 is 2.70 bits per heavy atom. The van der Waals surface area contributed by atoms with Crippen LogP contribution in [0.1, 0.15) is 35.2 Å². The lowest BCUT2D eigenvalue weighted by Crippen LogP contribution is -2.33. The van der Waals surface area contributed by atoms with Crippen molar-refractivity contribution < 1.29 is 9.53 Å². The van der Waals surface area contributed by atoms with Crippen LogP contribution in [0.25, 0.3) is 0 Å². The molecule has 6 rings (SSSR count). The van der Waals surface area contributed by atoms with Crippen molar-refractivity contribution in [2.45, 2.75) is 24.8 Å². The number of Topliss-reactive ketones (excluding diaryl/α,β-unsaturated/α-hetero) is 1. The Morgan fingerprint density at radius 2 is 1.88 bits per heavy atom. The second-order valence-corrected chi connectivity index (χ2v) is 9.17. The van der Waals surface area contributed by atoms with Crippen LogP contribution >= 0.6 is 11.3 Å². The van der Waals surface area contributed by atoms with E-state index in [1.807, 2.05) is 60.7 Å². The molecule has 4 aromatic rings. The molecule has 0 spiro atoms. The number of nitrogens with two attached hydrogens (primary N) is 1. The van der Waals surface area contributed by atoms with Crippen molar-refractivity contribution in [2.24, 2.45) is 0 Å². The van der Waals surface area contributed by atoms with Gasteiger partial charge in [0.25, 0.3) is 0 Å². The van der Waals surface area contributed by atoms with Gasteiger partial charge in [0.2, 0.25) is 11.9 Å². The molecule has 2 aliphatic rings. The molecule has 1 aliphatic carbocycles. The van der Waals surface area contributed by atoms with Crippen molar-refractivity contribution in [3.8, 4) is 11.5 Å². The van der Waals surface area contributed by atoms with Crippen molar-refractivity contribution in [1.29, 1.82) is 0 Å². The third-order valence-electron chi connectivity index (χ3n) is 6.03. The van der Waals surface area contributed by atoms with Gasteiger partial charge < -0.3 is 15.8 Å². The van der Waals surface area contributed by atoms with E-state index in [-0.39, 0.29) is 17.6 Å². The Kier molecular flexibility index (Phi) is 4.73. The van der Waals surface area contributed by atoms with Crippen molar-refractivity contribution in [2.75, 3.05) is 11.1 Å². The van der Waals surface area contributed by atoms with E-state index in [1.165, 1.54) is 4.88 Å². The maximum atomic E-state index is 13.5. The molecule has 2 unspecified atom stereocenters. The standard InChI is InChI=1S/C25H21N5O2S/c26-24-28-25-27-19-13-16(21-10-5-11-33-21)14-20(31)22(19)23(30(25)29-24)15-6-4-9-18(12-15)32-17-7-2-1-3-8-17/h1-12,16,23H,13-14H2,(H3,26,27,28,29). The minimum absolute atomic E-state index is 0.112. The van der Waals surface area contributed by atoms with Crippen LogP contribution in [0.3, 0.4) is 0 Å². The fourth-order valence-electron chi connectivity index (χ4n) is 4.63. The maximum absolute atomic E-state index is 13.5. The largest absolute Gasteiger partial charge is 0.457 e. The summed E-state index contributed by atoms with van der Waals surface area (Å²) in [6.45, 7) is 0. The topological polar surface area (TPSA) is 95.1 Å². The van der Waals surface area contributed by atoms with Gasteiger partial charge in [0.05, 0.1) is 0 Å². The number of fused-ring (bicyclic) bond motifs is 1. The third kappa shape index (κ3) is 3.58. The van der Waals surface area contributed by atoms with Gasteiger partial charge in [-0.3, -0.25) is 4.79 Å². The Hall–Kier alpha value is -3.91. The first kappa shape index (κ1) is 19.8. The second-order valence-electron chi connectivity index (χ2n) is 8.19. The number of allylic oxidation sites excluding steroid dienone is 2. The molecule has 1 aliphatic heterocycles. The normalized spacial score (nSPS) is 19.6. The average molecular weight is 456 g/mol. The number of aromatic nitrogens is 3. The number of anilines is 2. The summed E-state index contributed by atoms with van der Waals surface area (Å²) in [5.74, 6) is 2.42. The van der Waals surface area contributed by atoms with E-state index in [4.69, 9.17) is 10.5 Å². The van der Waals surface area contributed by atoms with Crippen LogP contribution in [0.15, 0.2) is 83.4 Å². The van der Waals surface area contributed by atoms with Gasteiger partial charge in [-0.05, 0) is 47.7 Å². The number of para-hydroxylation sites is 1. The van der Waals surface area contributed by atoms with Crippen LogP contribution in [0, 0.1) is 0 Å². The minimum Gasteiger partial charge on any atom is -0.457 e. The lowest BCUT2D eigenvalue weighted by Gasteiger charge is -2.34. The predicted molar refractivity (Wildman–Crippen MR) is 127 cm³/mol. The first-order valence-electron chi connectivity index (χ1n) is 10.8. The van der Waals surface area contributed by atoms with Gasteiger partial charge in [-0.15, -0.1) is 16.4 Å². The summed E-state index contributed by atoms with van der Waals surface area (Å²) >= 11 is 1.69. The highest BCUT2D eigenvalue weighted by molar-refractivity contribution is 7.10. The van der Waals surface area contributed by atoms with E-state index < -0.39 is 6.04 Å². The number of nitrogens with zero attached hydrogens (tertiary/aromatic N) is 3. The molecular weight excluding hydrogens is 434 g/mol. The number of ether oxygens (including phenoxy) is 1. The number of carbonyl (C=O) groups is 1. The van der Waals surface area contributed by atoms with Gasteiger partial charge in [-0.25, -0.2) is 4.68 Å². The minimum atomic E-state index is -0.419. The number of hydrogen-bond acceptors (Lipinski definition) is 7. The zero-order chi connectivity index (χ0) is 22.4. The number of rotatable bonds is 4. The summed E-state index contributed by atoms with van der Waals surface area (Å²) in [6, 6.07) is 21.1. The summed E-state index contributed by atoms with van der Waals surface area (Å²) < 4.78 is 7.75. The number of benzene rings is 2. The molecule has 2 aromatic carbocycles. The van der Waals surface area contributed by atoms with Crippen LogP contribution in [0.4, 0.5) is 11.9 Å². The van der Waals surface area contributed by atoms with E-state index in [9.17, 15) is 4.79 Å². The molecular formula is C25H21N5O2S. The van der Waals surface area contributed by atoms with Gasteiger partial charge in [0.15, 0.2) is 5.78 Å². The van der Waals surface area contributed by atoms with Gasteiger partial charge in [-0.2, -0.15) is 4.98 Å². The highest BCUT2D eigenvalue weighted by Gasteiger charge is 2.40. The van der Waals surface area contributed by atoms with Crippen LogP contribution in [0.2, 0.25) is 0 Å². The zero-order valence-corrected chi connectivity index (χ0v) is 18.5. The lowest BCUT2D eigenvalue weighted by atomic mass is 9.80. The first-order valence-corrected chi connectivity index (χ1v) is 11.7. The van der Waals surface area contributed by atoms with Gasteiger partial charge in [-0.1, -0.05) is 36.4 Å². The van der Waals surface area contributed by atoms with Crippen LogP contribution in [-0.2, 0) is 4.79 Å². The number of carbonyl (C=O) groups excluding carboxylic acids is 1. The third-order valence-corrected chi connectivity index (χ3v) is 7.07. The second kappa shape index (κ2) is 7.90. The number of nitrogen functional groups attached to an aromatic ring is 1. The first-order chi connectivity index (χ1) is 16.2. The Morgan fingerprint density at radius 1 is 1.03 bits per heavy atom. The summed E-state index contributed by atoms with van der Waals surface area (Å²) in [6.07, 6.45) is 1.21. The van der Waals surface area contributed by atoms with Crippen molar-refractivity contribution >= 4 is 29.0 Å². The number of thiophene rings is 1. The summed E-state index contributed by atoms with van der Waals surface area (Å²) in [5.41, 5.74) is 8.46. The fourth-order valence-corrected chi connectivity index (χ4v) is 5.46. The molecule has 2 atom stereocenters. The lowest BCUT2D eigenvalue weighted by molar-refractivity contribution is -0.116. The molecule has 2 aromatic heterocycles. The predicted octanol–water partition coefficient (Wildman–Crippen LogP) is 5.13. The Bertz CT molecular complexity index is 1360. The molecule has 8 heteroatoms. The molecule has 33 heavy (non-hydrogen) atoms. The Labute approximate surface area is 194 Å². The molecule has 0 fully saturated rings. The molecule has 0 bridgehead atoms. The summed E-state index contributed by atoms with van der Waals surface area (Å²) in [4.78, 5) is 19.1. The van der Waals surface area contributed by atoms with E-state index in [0.29, 0.717) is 18.1 Å². The van der Waals surface area contributed by atoms with Gasteiger partial charge in [0, 0.05) is 28.5 Å². The van der Waals surface area contributed by atoms with Crippen LogP contribution in [0.5, 0.6) is 11.5 Å². The molecule has 0 saturated heterocycles. The molecule has 0 amide bonds. The van der Waals surface area contributed by atoms with Gasteiger partial charge >= 0.3 is 0 Å². The highest BCUT2D eigenvalue weighted by Crippen LogP contribution is 2.45. The van der Waals surface area contributed by atoms with E-state index in [0.717, 1.165) is 29.0 Å².